The molecule has 2 atom stereocenters. The number of hydrogen-bond donors (Lipinski definition) is 2. The maximum Gasteiger partial charge on any atom is 0.418 e. The van der Waals surface area contributed by atoms with Gasteiger partial charge < -0.3 is 10.6 Å². The highest BCUT2D eigenvalue weighted by atomic mass is 19.4. The molecule has 2 N–H and O–H groups in total. The average Bonchev–Trinajstić information content (AvgIpc) is 2.63. The number of nitrogens with zero attached hydrogens (tertiary/aromatic N) is 2. The summed E-state index contributed by atoms with van der Waals surface area (Å²) in [6.07, 6.45) is -3.90. The van der Waals surface area contributed by atoms with E-state index in [-0.39, 0.29) is 23.3 Å². The molecule has 3 rings (SSSR count). The number of halogens is 3. The number of para-hydroxylation sites is 1. The predicted molar refractivity (Wildman–Crippen MR) is 97.5 cm³/mol. The summed E-state index contributed by atoms with van der Waals surface area (Å²) in [5, 5.41) is 9.98. The monoisotopic (exact) mass is 394 g/mol. The number of rotatable bonds is 3. The molecule has 2 aromatic rings. The van der Waals surface area contributed by atoms with Gasteiger partial charge in [-0.25, -0.2) is 4.68 Å². The lowest BCUT2D eigenvalue weighted by Crippen LogP contribution is -2.49. The highest BCUT2D eigenvalue weighted by Gasteiger charge is 2.34. The minimum absolute atomic E-state index is 0.132. The lowest BCUT2D eigenvalue weighted by Gasteiger charge is -2.30. The maximum atomic E-state index is 13.4. The quantitative estimate of drug-likeness (QED) is 0.838. The van der Waals surface area contributed by atoms with E-state index in [0.717, 1.165) is 29.9 Å². The summed E-state index contributed by atoms with van der Waals surface area (Å²) in [4.78, 5) is 24.9. The van der Waals surface area contributed by atoms with Crippen molar-refractivity contribution < 1.29 is 18.0 Å². The number of aromatic nitrogens is 2. The minimum atomic E-state index is -4.60. The number of alkyl halides is 3. The van der Waals surface area contributed by atoms with Gasteiger partial charge in [-0.15, -0.1) is 0 Å². The van der Waals surface area contributed by atoms with E-state index in [1.54, 1.807) is 0 Å². The summed E-state index contributed by atoms with van der Waals surface area (Å²) in [7, 11) is 0. The van der Waals surface area contributed by atoms with E-state index in [9.17, 15) is 22.8 Å². The van der Waals surface area contributed by atoms with Crippen LogP contribution < -0.4 is 16.1 Å². The fourth-order valence-electron chi connectivity index (χ4n) is 3.31. The van der Waals surface area contributed by atoms with Crippen molar-refractivity contribution in [3.05, 3.63) is 57.5 Å². The Morgan fingerprint density at radius 1 is 1.32 bits per heavy atom. The van der Waals surface area contributed by atoms with Crippen LogP contribution in [0.1, 0.15) is 35.1 Å². The van der Waals surface area contributed by atoms with Crippen molar-refractivity contribution in [1.29, 1.82) is 0 Å². The third-order valence-corrected chi connectivity index (χ3v) is 4.86. The number of aryl methyl sites for hydroxylation is 1. The van der Waals surface area contributed by atoms with Gasteiger partial charge in [-0.2, -0.15) is 18.3 Å². The molecule has 0 radical (unpaired) electrons. The molecule has 9 heteroatoms. The first-order valence-electron chi connectivity index (χ1n) is 8.97. The predicted octanol–water partition coefficient (Wildman–Crippen LogP) is 2.29. The molecule has 28 heavy (non-hydrogen) atoms. The molecule has 1 aromatic heterocycles. The lowest BCUT2D eigenvalue weighted by molar-refractivity contribution is -0.137. The number of benzene rings is 1. The second kappa shape index (κ2) is 7.75. The highest BCUT2D eigenvalue weighted by Crippen LogP contribution is 2.33. The molecule has 6 nitrogen and oxygen atoms in total. The van der Waals surface area contributed by atoms with E-state index in [0.29, 0.717) is 6.42 Å². The van der Waals surface area contributed by atoms with Crippen LogP contribution in [0.5, 0.6) is 0 Å². The molecule has 0 spiro atoms. The maximum absolute atomic E-state index is 13.4. The van der Waals surface area contributed by atoms with Gasteiger partial charge in [-0.05, 0) is 44.5 Å². The van der Waals surface area contributed by atoms with Gasteiger partial charge in [-0.3, -0.25) is 9.59 Å². The van der Waals surface area contributed by atoms with Crippen LogP contribution in [0.3, 0.4) is 0 Å². The Morgan fingerprint density at radius 3 is 2.71 bits per heavy atom. The Bertz CT molecular complexity index is 940. The molecule has 0 bridgehead atoms. The van der Waals surface area contributed by atoms with Gasteiger partial charge >= 0.3 is 6.18 Å². The first-order chi connectivity index (χ1) is 13.2. The van der Waals surface area contributed by atoms with Gasteiger partial charge in [-0.1, -0.05) is 19.1 Å². The Hall–Kier alpha value is -2.68. The molecule has 0 saturated carbocycles. The third-order valence-electron chi connectivity index (χ3n) is 4.86. The molecule has 1 amide bonds. The molecule has 150 valence electrons. The Morgan fingerprint density at radius 2 is 2.04 bits per heavy atom. The largest absolute Gasteiger partial charge is 0.418 e. The van der Waals surface area contributed by atoms with E-state index in [1.807, 2.05) is 6.92 Å². The van der Waals surface area contributed by atoms with Crippen LogP contribution in [0.25, 0.3) is 5.69 Å². The van der Waals surface area contributed by atoms with Crippen molar-refractivity contribution in [2.24, 2.45) is 5.92 Å². The fourth-order valence-corrected chi connectivity index (χ4v) is 3.31. The first-order valence-corrected chi connectivity index (χ1v) is 8.97. The van der Waals surface area contributed by atoms with Crippen LogP contribution in [-0.4, -0.2) is 34.8 Å². The van der Waals surface area contributed by atoms with Gasteiger partial charge in [0.05, 0.1) is 11.3 Å². The van der Waals surface area contributed by atoms with Crippen LogP contribution >= 0.6 is 0 Å². The van der Waals surface area contributed by atoms with E-state index < -0.39 is 28.8 Å². The van der Waals surface area contributed by atoms with Crippen molar-refractivity contribution in [3.8, 4) is 5.69 Å². The number of hydrogen-bond acceptors (Lipinski definition) is 4. The van der Waals surface area contributed by atoms with E-state index >= 15 is 0 Å². The summed E-state index contributed by atoms with van der Waals surface area (Å²) in [6, 6.07) is 5.90. The molecule has 1 aromatic carbocycles. The molecule has 1 saturated heterocycles. The number of carbonyl (C=O) groups is 1. The number of nitrogens with one attached hydrogen (secondary N) is 2. The molecule has 1 fully saturated rings. The Kier molecular flexibility index (Phi) is 5.55. The van der Waals surface area contributed by atoms with E-state index in [1.165, 1.54) is 25.1 Å². The second-order valence-electron chi connectivity index (χ2n) is 6.98. The van der Waals surface area contributed by atoms with Crippen LogP contribution in [-0.2, 0) is 6.18 Å². The summed E-state index contributed by atoms with van der Waals surface area (Å²) in [5.74, 6) is -0.515. The average molecular weight is 394 g/mol. The van der Waals surface area contributed by atoms with Crippen molar-refractivity contribution in [3.63, 3.8) is 0 Å². The molecular formula is C19H21F3N4O2. The number of carbonyl (C=O) groups excluding carboxylic acids is 1. The van der Waals surface area contributed by atoms with Gasteiger partial charge in [0.25, 0.3) is 5.91 Å². The SMILES string of the molecule is Cc1cc(=O)c(C(=O)NC2CCNCC2C)nn1-c1ccccc1C(F)(F)F. The zero-order valence-electron chi connectivity index (χ0n) is 15.5. The van der Waals surface area contributed by atoms with Crippen molar-refractivity contribution >= 4 is 5.91 Å². The van der Waals surface area contributed by atoms with Crippen LogP contribution in [0.15, 0.2) is 35.1 Å². The standard InChI is InChI=1S/C19H21F3N4O2/c1-11-10-23-8-7-14(11)24-18(28)17-16(27)9-12(2)26(25-17)15-6-4-3-5-13(15)19(20,21)22/h3-6,9,11,14,23H,7-8,10H2,1-2H3,(H,24,28). The Balaban J connectivity index is 2.00. The van der Waals surface area contributed by atoms with E-state index in [2.05, 4.69) is 15.7 Å². The fraction of sp³-hybridized carbons (Fsp3) is 0.421. The van der Waals surface area contributed by atoms with Crippen LogP contribution in [0.4, 0.5) is 13.2 Å². The summed E-state index contributed by atoms with van der Waals surface area (Å²) < 4.78 is 41.1. The summed E-state index contributed by atoms with van der Waals surface area (Å²) in [6.45, 7) is 4.91. The smallest absolute Gasteiger partial charge is 0.347 e. The van der Waals surface area contributed by atoms with Crippen molar-refractivity contribution in [2.75, 3.05) is 13.1 Å². The number of amides is 1. The van der Waals surface area contributed by atoms with Crippen LogP contribution in [0.2, 0.25) is 0 Å². The Labute approximate surface area is 159 Å². The first kappa shape index (κ1) is 20.1. The van der Waals surface area contributed by atoms with Crippen LogP contribution in [0, 0.1) is 12.8 Å². The summed E-state index contributed by atoms with van der Waals surface area (Å²) >= 11 is 0. The third kappa shape index (κ3) is 4.09. The summed E-state index contributed by atoms with van der Waals surface area (Å²) in [5.41, 5.74) is -1.98. The zero-order chi connectivity index (χ0) is 20.5. The van der Waals surface area contributed by atoms with Crippen molar-refractivity contribution in [2.45, 2.75) is 32.5 Å². The highest BCUT2D eigenvalue weighted by molar-refractivity contribution is 5.92. The lowest BCUT2D eigenvalue weighted by atomic mass is 9.95. The molecule has 2 unspecified atom stereocenters. The second-order valence-corrected chi connectivity index (χ2v) is 6.98. The molecule has 2 heterocycles. The normalized spacial score (nSPS) is 20.0. The molecule has 1 aliphatic rings. The molecule has 1 aliphatic heterocycles. The van der Waals surface area contributed by atoms with Gasteiger partial charge in [0.15, 0.2) is 5.69 Å². The zero-order valence-corrected chi connectivity index (χ0v) is 15.5. The minimum Gasteiger partial charge on any atom is -0.347 e. The molecular weight excluding hydrogens is 373 g/mol. The van der Waals surface area contributed by atoms with Gasteiger partial charge in [0, 0.05) is 17.8 Å². The topological polar surface area (TPSA) is 76.0 Å². The van der Waals surface area contributed by atoms with Gasteiger partial charge in [0.2, 0.25) is 5.43 Å². The van der Waals surface area contributed by atoms with Gasteiger partial charge in [0.1, 0.15) is 0 Å². The number of piperidine rings is 1. The van der Waals surface area contributed by atoms with Crippen molar-refractivity contribution in [1.82, 2.24) is 20.4 Å². The van der Waals surface area contributed by atoms with E-state index in [4.69, 9.17) is 0 Å². The molecule has 0 aliphatic carbocycles.